The van der Waals surface area contributed by atoms with Crippen molar-refractivity contribution in [2.75, 3.05) is 29.0 Å². The van der Waals surface area contributed by atoms with E-state index in [9.17, 15) is 18.0 Å². The van der Waals surface area contributed by atoms with Crippen molar-refractivity contribution in [3.05, 3.63) is 57.6 Å². The fraction of sp³-hybridized carbons (Fsp3) is 0.263. The molecular weight excluding hydrogens is 439 g/mol. The number of esters is 1. The van der Waals surface area contributed by atoms with Crippen molar-refractivity contribution >= 4 is 56.5 Å². The molecule has 0 atom stereocenters. The first-order chi connectivity index (χ1) is 13.5. The Kier molecular flexibility index (Phi) is 7.51. The molecule has 0 saturated heterocycles. The monoisotopic (exact) mass is 458 g/mol. The van der Waals surface area contributed by atoms with Gasteiger partial charge in [0, 0.05) is 5.69 Å². The lowest BCUT2D eigenvalue weighted by Gasteiger charge is -2.22. The zero-order valence-electron chi connectivity index (χ0n) is 16.0. The Labute approximate surface area is 179 Å². The number of anilines is 2. The van der Waals surface area contributed by atoms with Crippen LogP contribution in [-0.4, -0.2) is 39.7 Å². The molecule has 0 aliphatic carbocycles. The van der Waals surface area contributed by atoms with Gasteiger partial charge >= 0.3 is 5.97 Å². The number of amides is 1. The molecule has 0 heterocycles. The molecule has 2 aromatic rings. The highest BCUT2D eigenvalue weighted by Gasteiger charge is 2.22. The maximum Gasteiger partial charge on any atom is 0.338 e. The molecule has 7 nitrogen and oxygen atoms in total. The molecule has 0 bridgehead atoms. The van der Waals surface area contributed by atoms with Gasteiger partial charge in [-0.3, -0.25) is 9.10 Å². The zero-order chi connectivity index (χ0) is 21.8. The van der Waals surface area contributed by atoms with Gasteiger partial charge in [0.15, 0.2) is 0 Å². The van der Waals surface area contributed by atoms with Crippen molar-refractivity contribution < 1.29 is 22.7 Å². The Bertz CT molecular complexity index is 1040. The third-order valence-electron chi connectivity index (χ3n) is 3.98. The summed E-state index contributed by atoms with van der Waals surface area (Å²) in [5.74, 6) is -1.10. The first-order valence-corrected chi connectivity index (χ1v) is 11.1. The number of nitrogens with zero attached hydrogens (tertiary/aromatic N) is 1. The van der Waals surface area contributed by atoms with Crippen LogP contribution in [0.1, 0.15) is 22.8 Å². The number of rotatable bonds is 7. The molecule has 0 spiro atoms. The SMILES string of the molecule is CCOC(=O)c1cccc(NC(=O)CN(c2ccc(Cl)c(Cl)c2)S(C)(=O)=O)c1C. The minimum absolute atomic E-state index is 0.163. The molecule has 10 heteroatoms. The summed E-state index contributed by atoms with van der Waals surface area (Å²) in [6.45, 7) is 3.10. The molecule has 0 saturated carbocycles. The summed E-state index contributed by atoms with van der Waals surface area (Å²) in [6.07, 6.45) is 0.982. The zero-order valence-corrected chi connectivity index (χ0v) is 18.4. The van der Waals surface area contributed by atoms with Gasteiger partial charge in [-0.05, 0) is 49.7 Å². The van der Waals surface area contributed by atoms with Gasteiger partial charge in [-0.2, -0.15) is 0 Å². The molecule has 0 aromatic heterocycles. The number of hydrogen-bond acceptors (Lipinski definition) is 5. The van der Waals surface area contributed by atoms with Crippen LogP contribution in [0, 0.1) is 6.92 Å². The fourth-order valence-electron chi connectivity index (χ4n) is 2.56. The molecule has 0 unspecified atom stereocenters. The molecule has 1 N–H and O–H groups in total. The summed E-state index contributed by atoms with van der Waals surface area (Å²) < 4.78 is 30.3. The van der Waals surface area contributed by atoms with Gasteiger partial charge in [0.1, 0.15) is 6.54 Å². The van der Waals surface area contributed by atoms with Gasteiger partial charge in [-0.15, -0.1) is 0 Å². The standard InChI is InChI=1S/C19H20Cl2N2O5S/c1-4-28-19(25)14-6-5-7-17(12(14)2)22-18(24)11-23(29(3,26)27)13-8-9-15(20)16(21)10-13/h5-10H,4,11H2,1-3H3,(H,22,24). The van der Waals surface area contributed by atoms with E-state index in [0.717, 1.165) is 10.6 Å². The number of halogens is 2. The number of benzene rings is 2. The highest BCUT2D eigenvalue weighted by Crippen LogP contribution is 2.28. The van der Waals surface area contributed by atoms with Crippen LogP contribution in [0.2, 0.25) is 10.0 Å². The Balaban J connectivity index is 2.26. The number of ether oxygens (including phenoxy) is 1. The Morgan fingerprint density at radius 3 is 2.41 bits per heavy atom. The summed E-state index contributed by atoms with van der Waals surface area (Å²) in [6, 6.07) is 9.06. The summed E-state index contributed by atoms with van der Waals surface area (Å²) in [4.78, 5) is 24.6. The van der Waals surface area contributed by atoms with E-state index in [0.29, 0.717) is 16.8 Å². The fourth-order valence-corrected chi connectivity index (χ4v) is 3.70. The van der Waals surface area contributed by atoms with Crippen molar-refractivity contribution in [3.8, 4) is 0 Å². The summed E-state index contributed by atoms with van der Waals surface area (Å²) >= 11 is 11.8. The van der Waals surface area contributed by atoms with Crippen LogP contribution < -0.4 is 9.62 Å². The lowest BCUT2D eigenvalue weighted by molar-refractivity contribution is -0.114. The summed E-state index contributed by atoms with van der Waals surface area (Å²) in [7, 11) is -3.78. The first-order valence-electron chi connectivity index (χ1n) is 8.54. The van der Waals surface area contributed by atoms with Gasteiger partial charge in [0.2, 0.25) is 15.9 Å². The van der Waals surface area contributed by atoms with E-state index in [4.69, 9.17) is 27.9 Å². The van der Waals surface area contributed by atoms with E-state index in [1.165, 1.54) is 18.2 Å². The molecular formula is C19H20Cl2N2O5S. The molecule has 0 aliphatic heterocycles. The average molecular weight is 459 g/mol. The van der Waals surface area contributed by atoms with Crippen LogP contribution in [0.15, 0.2) is 36.4 Å². The van der Waals surface area contributed by atoms with Gasteiger partial charge < -0.3 is 10.1 Å². The van der Waals surface area contributed by atoms with Crippen LogP contribution in [0.25, 0.3) is 0 Å². The highest BCUT2D eigenvalue weighted by molar-refractivity contribution is 7.92. The molecule has 0 fully saturated rings. The molecule has 0 aliphatic rings. The van der Waals surface area contributed by atoms with Crippen LogP contribution in [-0.2, 0) is 19.6 Å². The predicted octanol–water partition coefficient (Wildman–Crippen LogP) is 3.88. The number of hydrogen-bond donors (Lipinski definition) is 1. The molecule has 2 aromatic carbocycles. The molecule has 1 amide bonds. The average Bonchev–Trinajstić information content (AvgIpc) is 2.63. The minimum Gasteiger partial charge on any atom is -0.462 e. The number of nitrogens with one attached hydrogen (secondary N) is 1. The number of sulfonamides is 1. The topological polar surface area (TPSA) is 92.8 Å². The second-order valence-corrected chi connectivity index (χ2v) is 8.84. The summed E-state index contributed by atoms with van der Waals surface area (Å²) in [5, 5.41) is 3.06. The maximum atomic E-state index is 12.6. The Morgan fingerprint density at radius 2 is 1.83 bits per heavy atom. The smallest absolute Gasteiger partial charge is 0.338 e. The molecule has 29 heavy (non-hydrogen) atoms. The van der Waals surface area contributed by atoms with Crippen molar-refractivity contribution in [1.29, 1.82) is 0 Å². The van der Waals surface area contributed by atoms with E-state index in [-0.39, 0.29) is 22.3 Å². The van der Waals surface area contributed by atoms with E-state index >= 15 is 0 Å². The maximum absolute atomic E-state index is 12.6. The largest absolute Gasteiger partial charge is 0.462 e. The third kappa shape index (κ3) is 5.85. The van der Waals surface area contributed by atoms with Crippen LogP contribution in [0.5, 0.6) is 0 Å². The molecule has 156 valence electrons. The van der Waals surface area contributed by atoms with Crippen LogP contribution in [0.4, 0.5) is 11.4 Å². The third-order valence-corrected chi connectivity index (χ3v) is 5.86. The van der Waals surface area contributed by atoms with Crippen LogP contribution >= 0.6 is 23.2 Å². The first kappa shape index (κ1) is 23.0. The number of carbonyl (C=O) groups is 2. The second kappa shape index (κ2) is 9.47. The lowest BCUT2D eigenvalue weighted by Crippen LogP contribution is -2.37. The molecule has 0 radical (unpaired) electrons. The van der Waals surface area contributed by atoms with E-state index < -0.39 is 28.4 Å². The van der Waals surface area contributed by atoms with E-state index in [2.05, 4.69) is 5.32 Å². The molecule has 2 rings (SSSR count). The Hall–Kier alpha value is -2.29. The predicted molar refractivity (Wildman–Crippen MR) is 114 cm³/mol. The second-order valence-electron chi connectivity index (χ2n) is 6.11. The lowest BCUT2D eigenvalue weighted by atomic mass is 10.1. The summed E-state index contributed by atoms with van der Waals surface area (Å²) in [5.41, 5.74) is 1.41. The number of carbonyl (C=O) groups excluding carboxylic acids is 2. The van der Waals surface area contributed by atoms with Gasteiger partial charge in [0.25, 0.3) is 0 Å². The van der Waals surface area contributed by atoms with Crippen molar-refractivity contribution in [2.24, 2.45) is 0 Å². The normalized spacial score (nSPS) is 11.1. The van der Waals surface area contributed by atoms with Gasteiger partial charge in [-0.25, -0.2) is 13.2 Å². The van der Waals surface area contributed by atoms with E-state index in [1.807, 2.05) is 0 Å². The van der Waals surface area contributed by atoms with Gasteiger partial charge in [-0.1, -0.05) is 29.3 Å². The van der Waals surface area contributed by atoms with Gasteiger partial charge in [0.05, 0.1) is 34.2 Å². The van der Waals surface area contributed by atoms with Crippen LogP contribution in [0.3, 0.4) is 0 Å². The highest BCUT2D eigenvalue weighted by atomic mass is 35.5. The Morgan fingerprint density at radius 1 is 1.14 bits per heavy atom. The minimum atomic E-state index is -3.78. The van der Waals surface area contributed by atoms with E-state index in [1.54, 1.807) is 32.0 Å². The quantitative estimate of drug-likeness (QED) is 0.635. The van der Waals surface area contributed by atoms with Crippen molar-refractivity contribution in [2.45, 2.75) is 13.8 Å². The van der Waals surface area contributed by atoms with Crippen molar-refractivity contribution in [3.63, 3.8) is 0 Å². The van der Waals surface area contributed by atoms with Crippen molar-refractivity contribution in [1.82, 2.24) is 0 Å².